The van der Waals surface area contributed by atoms with Crippen LogP contribution in [0.15, 0.2) is 42.6 Å². The van der Waals surface area contributed by atoms with E-state index < -0.39 is 0 Å². The Labute approximate surface area is 119 Å². The molecule has 2 N–H and O–H groups in total. The van der Waals surface area contributed by atoms with Gasteiger partial charge in [0.05, 0.1) is 6.61 Å². The van der Waals surface area contributed by atoms with Crippen LogP contribution in [0.2, 0.25) is 0 Å². The van der Waals surface area contributed by atoms with Crippen LogP contribution in [0.5, 0.6) is 17.4 Å². The third-order valence-corrected chi connectivity index (χ3v) is 2.81. The molecule has 0 saturated heterocycles. The molecule has 0 radical (unpaired) electrons. The molecule has 1 atom stereocenters. The minimum absolute atomic E-state index is 0.137. The lowest BCUT2D eigenvalue weighted by Crippen LogP contribution is -2.07. The Morgan fingerprint density at radius 1 is 1.15 bits per heavy atom. The van der Waals surface area contributed by atoms with E-state index in [0.717, 1.165) is 17.7 Å². The van der Waals surface area contributed by atoms with E-state index in [1.165, 1.54) is 0 Å². The second kappa shape index (κ2) is 6.91. The Morgan fingerprint density at radius 3 is 2.60 bits per heavy atom. The average molecular weight is 272 g/mol. The fraction of sp³-hybridized carbons (Fsp3) is 0.312. The summed E-state index contributed by atoms with van der Waals surface area (Å²) < 4.78 is 11.6. The molecule has 0 aliphatic rings. The Kier molecular flexibility index (Phi) is 4.96. The first-order chi connectivity index (χ1) is 9.72. The van der Waals surface area contributed by atoms with Gasteiger partial charge in [0.15, 0.2) is 11.5 Å². The van der Waals surface area contributed by atoms with Gasteiger partial charge in [-0.3, -0.25) is 0 Å². The summed E-state index contributed by atoms with van der Waals surface area (Å²) in [6, 6.07) is 11.2. The predicted octanol–water partition coefficient (Wildman–Crippen LogP) is 3.68. The van der Waals surface area contributed by atoms with Crippen LogP contribution in [-0.4, -0.2) is 11.6 Å². The van der Waals surface area contributed by atoms with Gasteiger partial charge in [-0.05, 0) is 31.5 Å². The van der Waals surface area contributed by atoms with Crippen LogP contribution in [0.1, 0.15) is 31.9 Å². The van der Waals surface area contributed by atoms with E-state index in [0.29, 0.717) is 18.2 Å². The van der Waals surface area contributed by atoms with Crippen molar-refractivity contribution in [3.8, 4) is 17.4 Å². The zero-order chi connectivity index (χ0) is 14.4. The van der Waals surface area contributed by atoms with Gasteiger partial charge in [-0.25, -0.2) is 4.98 Å². The number of nitrogens with two attached hydrogens (primary N) is 1. The summed E-state index contributed by atoms with van der Waals surface area (Å²) in [6.45, 7) is 4.63. The van der Waals surface area contributed by atoms with Gasteiger partial charge in [-0.15, -0.1) is 0 Å². The monoisotopic (exact) mass is 272 g/mol. The molecule has 1 heterocycles. The van der Waals surface area contributed by atoms with Crippen molar-refractivity contribution in [1.82, 2.24) is 4.98 Å². The predicted molar refractivity (Wildman–Crippen MR) is 79.1 cm³/mol. The minimum Gasteiger partial charge on any atom is -0.490 e. The Morgan fingerprint density at radius 2 is 1.90 bits per heavy atom. The lowest BCUT2D eigenvalue weighted by molar-refractivity contribution is 0.300. The highest BCUT2D eigenvalue weighted by atomic mass is 16.5. The Balaban J connectivity index is 2.26. The van der Waals surface area contributed by atoms with Crippen molar-refractivity contribution >= 4 is 0 Å². The summed E-state index contributed by atoms with van der Waals surface area (Å²) >= 11 is 0. The van der Waals surface area contributed by atoms with Crippen molar-refractivity contribution in [3.63, 3.8) is 0 Å². The van der Waals surface area contributed by atoms with Gasteiger partial charge in [0.1, 0.15) is 0 Å². The van der Waals surface area contributed by atoms with Crippen molar-refractivity contribution in [2.24, 2.45) is 5.73 Å². The molecule has 106 valence electrons. The first-order valence-electron chi connectivity index (χ1n) is 6.82. The summed E-state index contributed by atoms with van der Waals surface area (Å²) in [5, 5.41) is 0. The molecule has 0 aliphatic heterocycles. The number of nitrogens with zero attached hydrogens (tertiary/aromatic N) is 1. The summed E-state index contributed by atoms with van der Waals surface area (Å²) in [6.07, 6.45) is 2.64. The molecule has 0 spiro atoms. The van der Waals surface area contributed by atoms with Crippen molar-refractivity contribution < 1.29 is 9.47 Å². The smallest absolute Gasteiger partial charge is 0.224 e. The summed E-state index contributed by atoms with van der Waals surface area (Å²) in [7, 11) is 0. The summed E-state index contributed by atoms with van der Waals surface area (Å²) in [5.74, 6) is 1.90. The van der Waals surface area contributed by atoms with E-state index in [2.05, 4.69) is 11.9 Å². The van der Waals surface area contributed by atoms with Gasteiger partial charge in [0.2, 0.25) is 5.88 Å². The minimum atomic E-state index is -0.137. The van der Waals surface area contributed by atoms with Gasteiger partial charge in [0.25, 0.3) is 0 Å². The quantitative estimate of drug-likeness (QED) is 0.871. The standard InChI is InChI=1S/C16H20N2O2/c1-3-11-19-14-8-4-5-9-15(14)20-16-13(12(2)17)7-6-10-18-16/h4-10,12H,3,11,17H2,1-2H3/t12-/m0/s1. The highest BCUT2D eigenvalue weighted by Gasteiger charge is 2.12. The molecule has 4 nitrogen and oxygen atoms in total. The van der Waals surface area contributed by atoms with Crippen LogP contribution < -0.4 is 15.2 Å². The first kappa shape index (κ1) is 14.3. The molecule has 0 fully saturated rings. The van der Waals surface area contributed by atoms with Gasteiger partial charge in [-0.1, -0.05) is 25.1 Å². The zero-order valence-corrected chi connectivity index (χ0v) is 11.9. The van der Waals surface area contributed by atoms with Crippen LogP contribution in [0.25, 0.3) is 0 Å². The molecular weight excluding hydrogens is 252 g/mol. The van der Waals surface area contributed by atoms with Crippen molar-refractivity contribution in [2.75, 3.05) is 6.61 Å². The molecule has 1 aromatic carbocycles. The SMILES string of the molecule is CCCOc1ccccc1Oc1ncccc1[C@H](C)N. The molecule has 0 aliphatic carbocycles. The van der Waals surface area contributed by atoms with Crippen LogP contribution in [-0.2, 0) is 0 Å². The van der Waals surface area contributed by atoms with E-state index in [4.69, 9.17) is 15.2 Å². The van der Waals surface area contributed by atoms with E-state index in [1.807, 2.05) is 43.3 Å². The Hall–Kier alpha value is -2.07. The normalized spacial score (nSPS) is 11.9. The highest BCUT2D eigenvalue weighted by molar-refractivity contribution is 5.43. The molecule has 1 aromatic heterocycles. The maximum atomic E-state index is 5.94. The second-order valence-electron chi connectivity index (χ2n) is 4.58. The van der Waals surface area contributed by atoms with Gasteiger partial charge in [-0.2, -0.15) is 0 Å². The second-order valence-corrected chi connectivity index (χ2v) is 4.58. The van der Waals surface area contributed by atoms with E-state index in [9.17, 15) is 0 Å². The van der Waals surface area contributed by atoms with Crippen molar-refractivity contribution in [1.29, 1.82) is 0 Å². The number of rotatable bonds is 6. The molecule has 0 amide bonds. The van der Waals surface area contributed by atoms with Crippen LogP contribution >= 0.6 is 0 Å². The molecule has 0 unspecified atom stereocenters. The first-order valence-corrected chi connectivity index (χ1v) is 6.82. The highest BCUT2D eigenvalue weighted by Crippen LogP contribution is 2.33. The molecule has 2 rings (SSSR count). The maximum absolute atomic E-state index is 5.94. The van der Waals surface area contributed by atoms with Gasteiger partial charge in [0, 0.05) is 17.8 Å². The van der Waals surface area contributed by atoms with E-state index in [-0.39, 0.29) is 6.04 Å². The van der Waals surface area contributed by atoms with E-state index in [1.54, 1.807) is 6.20 Å². The summed E-state index contributed by atoms with van der Waals surface area (Å²) in [4.78, 5) is 4.26. The fourth-order valence-corrected chi connectivity index (χ4v) is 1.80. The molecule has 20 heavy (non-hydrogen) atoms. The molecule has 2 aromatic rings. The fourth-order valence-electron chi connectivity index (χ4n) is 1.80. The van der Waals surface area contributed by atoms with Gasteiger partial charge >= 0.3 is 0 Å². The lowest BCUT2D eigenvalue weighted by Gasteiger charge is -2.14. The number of aromatic nitrogens is 1. The number of para-hydroxylation sites is 2. The third-order valence-electron chi connectivity index (χ3n) is 2.81. The molecule has 4 heteroatoms. The van der Waals surface area contributed by atoms with Crippen LogP contribution in [0.3, 0.4) is 0 Å². The zero-order valence-electron chi connectivity index (χ0n) is 11.9. The van der Waals surface area contributed by atoms with Crippen LogP contribution in [0.4, 0.5) is 0 Å². The number of pyridine rings is 1. The molecule has 0 saturated carbocycles. The molecule has 0 bridgehead atoms. The van der Waals surface area contributed by atoms with Gasteiger partial charge < -0.3 is 15.2 Å². The van der Waals surface area contributed by atoms with Crippen LogP contribution in [0, 0.1) is 0 Å². The maximum Gasteiger partial charge on any atom is 0.224 e. The molecular formula is C16H20N2O2. The van der Waals surface area contributed by atoms with Crippen molar-refractivity contribution in [3.05, 3.63) is 48.2 Å². The third kappa shape index (κ3) is 3.48. The largest absolute Gasteiger partial charge is 0.490 e. The topological polar surface area (TPSA) is 57.4 Å². The average Bonchev–Trinajstić information content (AvgIpc) is 2.47. The van der Waals surface area contributed by atoms with E-state index >= 15 is 0 Å². The number of hydrogen-bond acceptors (Lipinski definition) is 4. The number of ether oxygens (including phenoxy) is 2. The Bertz CT molecular complexity index is 556. The lowest BCUT2D eigenvalue weighted by atomic mass is 10.1. The van der Waals surface area contributed by atoms with Crippen molar-refractivity contribution in [2.45, 2.75) is 26.3 Å². The number of hydrogen-bond donors (Lipinski definition) is 1. The summed E-state index contributed by atoms with van der Waals surface area (Å²) in [5.41, 5.74) is 6.81. The number of benzene rings is 1.